The zero-order valence-electron chi connectivity index (χ0n) is 13.8. The van der Waals surface area contributed by atoms with Gasteiger partial charge in [0.25, 0.3) is 0 Å². The minimum Gasteiger partial charge on any atom is -0.350 e. The Labute approximate surface area is 129 Å². The lowest BCUT2D eigenvalue weighted by Gasteiger charge is -2.22. The molecule has 0 aliphatic carbocycles. The van der Waals surface area contributed by atoms with Crippen molar-refractivity contribution in [3.05, 3.63) is 35.4 Å². The minimum absolute atomic E-state index is 0.0390. The van der Waals surface area contributed by atoms with Crippen molar-refractivity contribution in [2.75, 3.05) is 19.8 Å². The lowest BCUT2D eigenvalue weighted by molar-refractivity contribution is -0.0525. The van der Waals surface area contributed by atoms with Crippen LogP contribution >= 0.6 is 0 Å². The monoisotopic (exact) mass is 291 g/mol. The van der Waals surface area contributed by atoms with E-state index in [-0.39, 0.29) is 11.7 Å². The van der Waals surface area contributed by atoms with E-state index in [1.54, 1.807) is 0 Å². The van der Waals surface area contributed by atoms with E-state index in [9.17, 15) is 0 Å². The van der Waals surface area contributed by atoms with Gasteiger partial charge in [-0.15, -0.1) is 0 Å². The van der Waals surface area contributed by atoms with Gasteiger partial charge in [-0.2, -0.15) is 0 Å². The van der Waals surface area contributed by atoms with Crippen molar-refractivity contribution >= 4 is 0 Å². The van der Waals surface area contributed by atoms with Gasteiger partial charge in [0, 0.05) is 12.5 Å². The summed E-state index contributed by atoms with van der Waals surface area (Å²) in [4.78, 5) is 0. The first-order valence-electron chi connectivity index (χ1n) is 8.05. The number of likely N-dealkylation sites (N-methyl/N-ethyl adjacent to an activating group) is 1. The molecule has 1 atom stereocenters. The van der Waals surface area contributed by atoms with E-state index in [1.165, 1.54) is 11.1 Å². The van der Waals surface area contributed by atoms with Gasteiger partial charge >= 0.3 is 0 Å². The second-order valence-electron chi connectivity index (χ2n) is 6.81. The Bertz CT molecular complexity index is 416. The molecule has 118 valence electrons. The molecule has 2 rings (SSSR count). The number of hydrogen-bond acceptors (Lipinski definition) is 3. The van der Waals surface area contributed by atoms with Crippen LogP contribution in [-0.2, 0) is 21.3 Å². The van der Waals surface area contributed by atoms with E-state index < -0.39 is 0 Å². The van der Waals surface area contributed by atoms with Crippen LogP contribution in [0, 0.1) is 0 Å². The molecule has 0 radical (unpaired) electrons. The van der Waals surface area contributed by atoms with Crippen molar-refractivity contribution in [2.24, 2.45) is 0 Å². The fraction of sp³-hybridized carbons (Fsp3) is 0.667. The van der Waals surface area contributed by atoms with Crippen molar-refractivity contribution in [1.82, 2.24) is 5.32 Å². The molecule has 21 heavy (non-hydrogen) atoms. The third kappa shape index (κ3) is 5.10. The molecular weight excluding hydrogens is 262 g/mol. The third-order valence-electron chi connectivity index (χ3n) is 3.96. The SMILES string of the molecule is CCNC(Cc1ccc(C(C)(C)C)cc1)CC1OCCO1. The van der Waals surface area contributed by atoms with E-state index in [1.807, 2.05) is 0 Å². The van der Waals surface area contributed by atoms with E-state index in [2.05, 4.69) is 57.3 Å². The average molecular weight is 291 g/mol. The van der Waals surface area contributed by atoms with Gasteiger partial charge in [-0.05, 0) is 29.5 Å². The van der Waals surface area contributed by atoms with Crippen LogP contribution in [0.3, 0.4) is 0 Å². The quantitative estimate of drug-likeness (QED) is 0.872. The Morgan fingerprint density at radius 1 is 1.14 bits per heavy atom. The fourth-order valence-corrected chi connectivity index (χ4v) is 2.73. The second-order valence-corrected chi connectivity index (χ2v) is 6.81. The zero-order valence-corrected chi connectivity index (χ0v) is 13.8. The van der Waals surface area contributed by atoms with Crippen LogP contribution in [0.4, 0.5) is 0 Å². The van der Waals surface area contributed by atoms with Crippen LogP contribution in [-0.4, -0.2) is 32.1 Å². The number of benzene rings is 1. The van der Waals surface area contributed by atoms with Crippen LogP contribution in [0.5, 0.6) is 0 Å². The van der Waals surface area contributed by atoms with E-state index in [4.69, 9.17) is 9.47 Å². The molecule has 1 aromatic rings. The number of hydrogen-bond donors (Lipinski definition) is 1. The highest BCUT2D eigenvalue weighted by Crippen LogP contribution is 2.23. The van der Waals surface area contributed by atoms with Crippen LogP contribution in [0.15, 0.2) is 24.3 Å². The molecule has 0 amide bonds. The molecule has 1 unspecified atom stereocenters. The van der Waals surface area contributed by atoms with Crippen LogP contribution < -0.4 is 5.32 Å². The van der Waals surface area contributed by atoms with Gasteiger partial charge in [-0.3, -0.25) is 0 Å². The molecule has 1 N–H and O–H groups in total. The molecule has 0 saturated carbocycles. The third-order valence-corrected chi connectivity index (χ3v) is 3.96. The van der Waals surface area contributed by atoms with Crippen molar-refractivity contribution in [3.8, 4) is 0 Å². The fourth-order valence-electron chi connectivity index (χ4n) is 2.73. The van der Waals surface area contributed by atoms with Crippen molar-refractivity contribution in [2.45, 2.75) is 58.3 Å². The van der Waals surface area contributed by atoms with Gasteiger partial charge in [0.15, 0.2) is 6.29 Å². The van der Waals surface area contributed by atoms with Gasteiger partial charge in [0.1, 0.15) is 0 Å². The lowest BCUT2D eigenvalue weighted by Crippen LogP contribution is -2.34. The molecule has 1 fully saturated rings. The minimum atomic E-state index is -0.0390. The van der Waals surface area contributed by atoms with Crippen molar-refractivity contribution < 1.29 is 9.47 Å². The molecule has 0 bridgehead atoms. The Kier molecular flexibility index (Phi) is 5.80. The van der Waals surface area contributed by atoms with Gasteiger partial charge in [0.2, 0.25) is 0 Å². The summed E-state index contributed by atoms with van der Waals surface area (Å²) in [6.45, 7) is 11.3. The Morgan fingerprint density at radius 2 is 1.76 bits per heavy atom. The second kappa shape index (κ2) is 7.39. The first-order chi connectivity index (χ1) is 9.99. The summed E-state index contributed by atoms with van der Waals surface area (Å²) in [6.07, 6.45) is 1.89. The number of nitrogens with one attached hydrogen (secondary N) is 1. The summed E-state index contributed by atoms with van der Waals surface area (Å²) in [6, 6.07) is 9.41. The first-order valence-corrected chi connectivity index (χ1v) is 8.05. The zero-order chi connectivity index (χ0) is 15.3. The maximum atomic E-state index is 5.57. The highest BCUT2D eigenvalue weighted by atomic mass is 16.7. The topological polar surface area (TPSA) is 30.5 Å². The molecule has 1 saturated heterocycles. The molecule has 1 aromatic carbocycles. The molecule has 0 spiro atoms. The van der Waals surface area contributed by atoms with Crippen molar-refractivity contribution in [1.29, 1.82) is 0 Å². The highest BCUT2D eigenvalue weighted by Gasteiger charge is 2.21. The molecule has 3 nitrogen and oxygen atoms in total. The first kappa shape index (κ1) is 16.5. The van der Waals surface area contributed by atoms with Gasteiger partial charge in [0.05, 0.1) is 13.2 Å². The standard InChI is InChI=1S/C18H29NO2/c1-5-19-16(13-17-20-10-11-21-17)12-14-6-8-15(9-7-14)18(2,3)4/h6-9,16-17,19H,5,10-13H2,1-4H3. The number of ether oxygens (including phenoxy) is 2. The molecule has 1 heterocycles. The Morgan fingerprint density at radius 3 is 2.29 bits per heavy atom. The summed E-state index contributed by atoms with van der Waals surface area (Å²) in [7, 11) is 0. The largest absolute Gasteiger partial charge is 0.350 e. The number of rotatable bonds is 6. The summed E-state index contributed by atoms with van der Waals surface area (Å²) >= 11 is 0. The van der Waals surface area contributed by atoms with Crippen LogP contribution in [0.1, 0.15) is 45.2 Å². The molecule has 3 heteroatoms. The molecular formula is C18H29NO2. The lowest BCUT2D eigenvalue weighted by atomic mass is 9.86. The molecule has 0 aromatic heterocycles. The van der Waals surface area contributed by atoms with E-state index >= 15 is 0 Å². The Balaban J connectivity index is 1.95. The highest BCUT2D eigenvalue weighted by molar-refractivity contribution is 5.28. The molecule has 1 aliphatic heterocycles. The van der Waals surface area contributed by atoms with Crippen LogP contribution in [0.2, 0.25) is 0 Å². The summed E-state index contributed by atoms with van der Waals surface area (Å²) in [5, 5.41) is 3.54. The van der Waals surface area contributed by atoms with Gasteiger partial charge < -0.3 is 14.8 Å². The van der Waals surface area contributed by atoms with E-state index in [0.717, 1.165) is 32.6 Å². The molecule has 1 aliphatic rings. The smallest absolute Gasteiger partial charge is 0.159 e. The Hall–Kier alpha value is -0.900. The maximum absolute atomic E-state index is 5.57. The summed E-state index contributed by atoms with van der Waals surface area (Å²) in [5.74, 6) is 0. The normalized spacial score (nSPS) is 18.1. The van der Waals surface area contributed by atoms with Crippen LogP contribution in [0.25, 0.3) is 0 Å². The van der Waals surface area contributed by atoms with Crippen molar-refractivity contribution in [3.63, 3.8) is 0 Å². The van der Waals surface area contributed by atoms with E-state index in [0.29, 0.717) is 6.04 Å². The summed E-state index contributed by atoms with van der Waals surface area (Å²) < 4.78 is 11.1. The average Bonchev–Trinajstić information content (AvgIpc) is 2.91. The summed E-state index contributed by atoms with van der Waals surface area (Å²) in [5.41, 5.74) is 2.96. The maximum Gasteiger partial charge on any atom is 0.159 e. The van der Waals surface area contributed by atoms with Gasteiger partial charge in [-0.1, -0.05) is 52.0 Å². The predicted molar refractivity (Wildman–Crippen MR) is 86.6 cm³/mol. The predicted octanol–water partition coefficient (Wildman–Crippen LogP) is 3.27. The van der Waals surface area contributed by atoms with Gasteiger partial charge in [-0.25, -0.2) is 0 Å².